The lowest BCUT2D eigenvalue weighted by Crippen LogP contribution is -2.24. The third kappa shape index (κ3) is 9.05. The van der Waals surface area contributed by atoms with E-state index in [1.54, 1.807) is 30.3 Å². The van der Waals surface area contributed by atoms with Gasteiger partial charge in [-0.2, -0.15) is 10.5 Å². The summed E-state index contributed by atoms with van der Waals surface area (Å²) in [7, 11) is 0. The summed E-state index contributed by atoms with van der Waals surface area (Å²) in [5, 5.41) is 20.9. The van der Waals surface area contributed by atoms with Crippen LogP contribution in [-0.4, -0.2) is 15.9 Å². The largest absolute Gasteiger partial charge is 0.453 e. The minimum atomic E-state index is -0.742. The minimum Gasteiger partial charge on any atom is -0.453 e. The molecule has 0 bridgehead atoms. The van der Waals surface area contributed by atoms with E-state index in [2.05, 4.69) is 28.4 Å². The summed E-state index contributed by atoms with van der Waals surface area (Å²) in [6.45, 7) is 7.18. The smallest absolute Gasteiger partial charge is 0.273 e. The van der Waals surface area contributed by atoms with Gasteiger partial charge in [0.05, 0.1) is 39.6 Å². The van der Waals surface area contributed by atoms with Crippen molar-refractivity contribution in [2.45, 2.75) is 13.1 Å². The van der Waals surface area contributed by atoms with Gasteiger partial charge in [-0.05, 0) is 59.7 Å². The molecule has 0 unspecified atom stereocenters. The standard InChI is InChI=1S/C20H13Cl2FN4O2.C16H12ClFN2O/c1-2-11-5-12(8-24)7-14(6-11)29-18-15(21)4-3-13(16(18)23)9-25-20(28)17-19(22)27-10-26-17;1-2-10-5-11(8-19)7-13(6-10)21-16-14(17)4-3-12(9-20)15(16)18/h2-7,10H,1,9H2,(H,25,28)(H,26,27);2-7H,1,9,20H2. The van der Waals surface area contributed by atoms with Crippen molar-refractivity contribution in [2.75, 3.05) is 0 Å². The SMILES string of the molecule is C=Cc1cc(C#N)cc(Oc2c(Cl)ccc(CN)c2F)c1.C=Cc1cc(C#N)cc(Oc2c(Cl)ccc(CNC(=O)c3nc[nH]c3Cl)c2F)c1. The molecule has 1 amide bonds. The molecule has 0 saturated heterocycles. The predicted molar refractivity (Wildman–Crippen MR) is 188 cm³/mol. The van der Waals surface area contributed by atoms with E-state index >= 15 is 0 Å². The van der Waals surface area contributed by atoms with Crippen LogP contribution in [0.3, 0.4) is 0 Å². The number of aromatic nitrogens is 2. The number of ether oxygens (including phenoxy) is 2. The number of carbonyl (C=O) groups is 1. The first-order valence-electron chi connectivity index (χ1n) is 14.3. The average molecular weight is 734 g/mol. The third-order valence-corrected chi connectivity index (χ3v) is 7.64. The molecule has 50 heavy (non-hydrogen) atoms. The lowest BCUT2D eigenvalue weighted by molar-refractivity contribution is 0.0946. The van der Waals surface area contributed by atoms with E-state index in [9.17, 15) is 13.6 Å². The lowest BCUT2D eigenvalue weighted by Gasteiger charge is -2.13. The highest BCUT2D eigenvalue weighted by atomic mass is 35.5. The van der Waals surface area contributed by atoms with Crippen molar-refractivity contribution in [2.24, 2.45) is 5.73 Å². The van der Waals surface area contributed by atoms with Crippen LogP contribution in [-0.2, 0) is 13.1 Å². The maximum atomic E-state index is 15.0. The Kier molecular flexibility index (Phi) is 12.7. The number of H-pyrrole nitrogens is 1. The van der Waals surface area contributed by atoms with Gasteiger partial charge in [-0.15, -0.1) is 0 Å². The number of benzene rings is 4. The van der Waals surface area contributed by atoms with Gasteiger partial charge in [0.2, 0.25) is 0 Å². The second-order valence-corrected chi connectivity index (χ2v) is 11.3. The fourth-order valence-electron chi connectivity index (χ4n) is 4.29. The highest BCUT2D eigenvalue weighted by Crippen LogP contribution is 2.36. The first-order chi connectivity index (χ1) is 24.0. The maximum absolute atomic E-state index is 15.0. The van der Waals surface area contributed by atoms with Gasteiger partial charge in [0.25, 0.3) is 5.91 Å². The molecule has 0 saturated carbocycles. The summed E-state index contributed by atoms with van der Waals surface area (Å²) in [5.41, 5.74) is 7.94. The van der Waals surface area contributed by atoms with Crippen LogP contribution in [0.1, 0.15) is 43.9 Å². The van der Waals surface area contributed by atoms with Crippen LogP contribution in [0.4, 0.5) is 8.78 Å². The number of imidazole rings is 1. The lowest BCUT2D eigenvalue weighted by atomic mass is 10.1. The predicted octanol–water partition coefficient (Wildman–Crippen LogP) is 9.34. The quantitative estimate of drug-likeness (QED) is 0.129. The van der Waals surface area contributed by atoms with Gasteiger partial charge in [-0.25, -0.2) is 13.8 Å². The van der Waals surface area contributed by atoms with Gasteiger partial charge in [-0.3, -0.25) is 4.79 Å². The Morgan fingerprint density at radius 1 is 0.860 bits per heavy atom. The molecule has 0 aliphatic carbocycles. The Morgan fingerprint density at radius 2 is 1.36 bits per heavy atom. The summed E-state index contributed by atoms with van der Waals surface area (Å²) in [5.74, 6) is -1.71. The normalized spacial score (nSPS) is 10.2. The van der Waals surface area contributed by atoms with Gasteiger partial charge in [0, 0.05) is 24.2 Å². The number of rotatable bonds is 10. The van der Waals surface area contributed by atoms with Crippen molar-refractivity contribution in [1.29, 1.82) is 10.5 Å². The van der Waals surface area contributed by atoms with E-state index in [0.717, 1.165) is 0 Å². The van der Waals surface area contributed by atoms with Crippen molar-refractivity contribution >= 4 is 52.9 Å². The Balaban J connectivity index is 0.000000237. The Hall–Kier alpha value is -5.69. The van der Waals surface area contributed by atoms with Crippen molar-refractivity contribution in [1.82, 2.24) is 15.3 Å². The van der Waals surface area contributed by atoms with Crippen LogP contribution >= 0.6 is 34.8 Å². The molecular weight excluding hydrogens is 709 g/mol. The fraction of sp³-hybridized carbons (Fsp3) is 0.0556. The molecule has 0 fully saturated rings. The van der Waals surface area contributed by atoms with Crippen LogP contribution < -0.4 is 20.5 Å². The molecule has 0 aliphatic rings. The van der Waals surface area contributed by atoms with Crippen molar-refractivity contribution < 1.29 is 23.0 Å². The molecule has 0 atom stereocenters. The van der Waals surface area contributed by atoms with Crippen molar-refractivity contribution in [3.8, 4) is 35.1 Å². The van der Waals surface area contributed by atoms with Gasteiger partial charge >= 0.3 is 0 Å². The van der Waals surface area contributed by atoms with Crippen molar-refractivity contribution in [3.05, 3.63) is 146 Å². The second-order valence-electron chi connectivity index (χ2n) is 10.1. The Morgan fingerprint density at radius 3 is 1.80 bits per heavy atom. The number of nitriles is 2. The molecule has 0 spiro atoms. The molecular formula is C36H25Cl3F2N6O3. The van der Waals surface area contributed by atoms with E-state index in [1.165, 1.54) is 48.8 Å². The highest BCUT2D eigenvalue weighted by Gasteiger charge is 2.19. The Labute approximate surface area is 300 Å². The number of hydrogen-bond acceptors (Lipinski definition) is 7. The molecule has 1 heterocycles. The monoisotopic (exact) mass is 732 g/mol. The van der Waals surface area contributed by atoms with Gasteiger partial charge < -0.3 is 25.5 Å². The summed E-state index contributed by atoms with van der Waals surface area (Å²) in [4.78, 5) is 18.5. The van der Waals surface area contributed by atoms with Crippen molar-refractivity contribution in [3.63, 3.8) is 0 Å². The third-order valence-electron chi connectivity index (χ3n) is 6.75. The number of nitrogens with zero attached hydrogens (tertiary/aromatic N) is 3. The summed E-state index contributed by atoms with van der Waals surface area (Å²) >= 11 is 17.9. The van der Waals surface area contributed by atoms with Gasteiger partial charge in [-0.1, -0.05) is 72.2 Å². The van der Waals surface area contributed by atoms with Gasteiger partial charge in [0.1, 0.15) is 16.7 Å². The van der Waals surface area contributed by atoms with Crippen LogP contribution in [0, 0.1) is 34.3 Å². The number of nitrogens with two attached hydrogens (primary N) is 1. The second kappa shape index (κ2) is 17.1. The first kappa shape index (κ1) is 37.1. The molecule has 0 aliphatic heterocycles. The van der Waals surface area contributed by atoms with Crippen LogP contribution in [0.15, 0.2) is 80.1 Å². The molecule has 252 valence electrons. The summed E-state index contributed by atoms with van der Waals surface area (Å²) in [6.07, 6.45) is 4.39. The van der Waals surface area contributed by atoms with Gasteiger partial charge in [0.15, 0.2) is 28.8 Å². The number of hydrogen-bond donors (Lipinski definition) is 3. The number of aromatic amines is 1. The maximum Gasteiger partial charge on any atom is 0.273 e. The summed E-state index contributed by atoms with van der Waals surface area (Å²) < 4.78 is 40.3. The molecule has 0 radical (unpaired) electrons. The van der Waals surface area contributed by atoms with E-state index in [1.807, 2.05) is 12.1 Å². The number of halogens is 5. The molecule has 4 aromatic carbocycles. The molecule has 14 heteroatoms. The zero-order valence-corrected chi connectivity index (χ0v) is 28.1. The molecule has 5 aromatic rings. The van der Waals surface area contributed by atoms with E-state index in [0.29, 0.717) is 33.6 Å². The summed E-state index contributed by atoms with van der Waals surface area (Å²) in [6, 6.07) is 19.4. The minimum absolute atomic E-state index is 0.00258. The van der Waals surface area contributed by atoms with E-state index in [4.69, 9.17) is 60.5 Å². The zero-order chi connectivity index (χ0) is 36.4. The topological polar surface area (TPSA) is 150 Å². The molecule has 1 aromatic heterocycles. The zero-order valence-electron chi connectivity index (χ0n) is 25.9. The fourth-order valence-corrected chi connectivity index (χ4v) is 4.84. The van der Waals surface area contributed by atoms with E-state index in [-0.39, 0.29) is 56.8 Å². The molecule has 5 rings (SSSR count). The number of carbonyl (C=O) groups excluding carboxylic acids is 1. The number of nitrogens with one attached hydrogen (secondary N) is 2. The average Bonchev–Trinajstić information content (AvgIpc) is 3.57. The van der Waals surface area contributed by atoms with Crippen LogP contribution in [0.25, 0.3) is 12.2 Å². The highest BCUT2D eigenvalue weighted by molar-refractivity contribution is 6.33. The molecule has 4 N–H and O–H groups in total. The van der Waals surface area contributed by atoms with Crippen LogP contribution in [0.2, 0.25) is 15.2 Å². The van der Waals surface area contributed by atoms with Crippen LogP contribution in [0.5, 0.6) is 23.0 Å². The van der Waals surface area contributed by atoms with E-state index < -0.39 is 17.5 Å². The Bertz CT molecular complexity index is 2180. The number of amides is 1. The molecule has 9 nitrogen and oxygen atoms in total. The first-order valence-corrected chi connectivity index (χ1v) is 15.5.